The molecule has 0 atom stereocenters. The van der Waals surface area contributed by atoms with E-state index in [1.54, 1.807) is 0 Å². The highest BCUT2D eigenvalue weighted by molar-refractivity contribution is 5.75. The van der Waals surface area contributed by atoms with E-state index in [4.69, 9.17) is 9.84 Å². The van der Waals surface area contributed by atoms with Gasteiger partial charge in [-0.1, -0.05) is 36.4 Å². The molecule has 0 saturated heterocycles. The van der Waals surface area contributed by atoms with Gasteiger partial charge < -0.3 is 27.0 Å². The van der Waals surface area contributed by atoms with Crippen LogP contribution in [0.1, 0.15) is 18.5 Å². The molecule has 2 aromatic carbocycles. The quantitative estimate of drug-likeness (QED) is 0.359. The average Bonchev–Trinajstić information content (AvgIpc) is 3.53. The minimum Gasteiger partial charge on any atom is -1.00 e. The van der Waals surface area contributed by atoms with Gasteiger partial charge in [-0.2, -0.15) is 9.67 Å². The Kier molecular flexibility index (Phi) is 7.19. The maximum atomic E-state index is 12.3. The monoisotopic (exact) mass is 504 g/mol. The van der Waals surface area contributed by atoms with E-state index in [0.717, 1.165) is 41.2 Å². The number of benzene rings is 2. The van der Waals surface area contributed by atoms with Crippen molar-refractivity contribution in [3.05, 3.63) is 97.0 Å². The molecule has 7 heteroatoms. The van der Waals surface area contributed by atoms with E-state index >= 15 is 0 Å². The third-order valence-corrected chi connectivity index (χ3v) is 5.31. The number of hydrogen-bond acceptors (Lipinski definition) is 3. The lowest BCUT2D eigenvalue weighted by atomic mass is 10.2. The van der Waals surface area contributed by atoms with Crippen LogP contribution < -0.4 is 31.6 Å². The predicted octanol–water partition coefficient (Wildman–Crippen LogP) is 0.688. The molecule has 0 aliphatic heterocycles. The van der Waals surface area contributed by atoms with Gasteiger partial charge in [-0.3, -0.25) is 4.79 Å². The van der Waals surface area contributed by atoms with Crippen molar-refractivity contribution in [3.8, 4) is 22.7 Å². The molecule has 6 nitrogen and oxygen atoms in total. The van der Waals surface area contributed by atoms with Crippen LogP contribution in [0.15, 0.2) is 91.3 Å². The maximum Gasteiger partial charge on any atom is 0.286 e. The van der Waals surface area contributed by atoms with Crippen molar-refractivity contribution >= 4 is 5.91 Å². The summed E-state index contributed by atoms with van der Waals surface area (Å²) in [6, 6.07) is 26.2. The summed E-state index contributed by atoms with van der Waals surface area (Å²) in [5.41, 5.74) is 3.72. The minimum atomic E-state index is 0. The number of hydrogen-bond donors (Lipinski definition) is 1. The number of nitrogens with zero attached hydrogens (tertiary/aromatic N) is 3. The molecule has 2 aromatic heterocycles. The molecule has 1 amide bonds. The number of rotatable bonds is 8. The Morgan fingerprint density at radius 2 is 1.76 bits per heavy atom. The molecule has 33 heavy (non-hydrogen) atoms. The van der Waals surface area contributed by atoms with Gasteiger partial charge in [0.15, 0.2) is 12.4 Å². The first kappa shape index (κ1) is 22.7. The number of amides is 1. The Balaban J connectivity index is 0.00000259. The number of aromatic nitrogens is 3. The first-order chi connectivity index (χ1) is 15.7. The fourth-order valence-electron chi connectivity index (χ4n) is 3.58. The summed E-state index contributed by atoms with van der Waals surface area (Å²) < 4.78 is 9.75. The van der Waals surface area contributed by atoms with Crippen LogP contribution in [0, 0.1) is 0 Å². The summed E-state index contributed by atoms with van der Waals surface area (Å²) in [6.45, 7) is 0.668. The van der Waals surface area contributed by atoms with Crippen LogP contribution in [-0.4, -0.2) is 21.7 Å². The smallest absolute Gasteiger partial charge is 0.286 e. The van der Waals surface area contributed by atoms with Gasteiger partial charge >= 0.3 is 0 Å². The van der Waals surface area contributed by atoms with Crippen molar-refractivity contribution < 1.29 is 31.1 Å². The molecule has 1 aliphatic carbocycles. The zero-order valence-electron chi connectivity index (χ0n) is 18.1. The van der Waals surface area contributed by atoms with Gasteiger partial charge in [-0.25, -0.2) is 4.68 Å². The highest BCUT2D eigenvalue weighted by Crippen LogP contribution is 2.24. The Morgan fingerprint density at radius 3 is 2.48 bits per heavy atom. The van der Waals surface area contributed by atoms with Crippen molar-refractivity contribution in [2.45, 2.75) is 32.0 Å². The number of nitrogens with one attached hydrogen (secondary N) is 1. The van der Waals surface area contributed by atoms with E-state index in [0.29, 0.717) is 19.2 Å². The number of para-hydroxylation sites is 2. The maximum absolute atomic E-state index is 12.3. The number of carbonyl (C=O) groups excluding carboxylic acids is 1. The molecule has 1 fully saturated rings. The molecule has 4 aromatic rings. The molecular formula is C26H25BrN4O2. The molecule has 5 rings (SSSR count). The molecule has 168 valence electrons. The predicted molar refractivity (Wildman–Crippen MR) is 121 cm³/mol. The van der Waals surface area contributed by atoms with Gasteiger partial charge in [0.2, 0.25) is 6.54 Å². The first-order valence-electron chi connectivity index (χ1n) is 10.9. The zero-order chi connectivity index (χ0) is 21.8. The van der Waals surface area contributed by atoms with Gasteiger partial charge in [-0.15, -0.1) is 0 Å². The van der Waals surface area contributed by atoms with E-state index < -0.39 is 0 Å². The second kappa shape index (κ2) is 10.4. The van der Waals surface area contributed by atoms with E-state index in [2.05, 4.69) is 5.32 Å². The fourth-order valence-corrected chi connectivity index (χ4v) is 3.58. The Bertz CT molecular complexity index is 1210. The molecule has 1 aliphatic rings. The van der Waals surface area contributed by atoms with Gasteiger partial charge in [0.05, 0.1) is 16.9 Å². The lowest BCUT2D eigenvalue weighted by Gasteiger charge is -2.07. The van der Waals surface area contributed by atoms with Crippen molar-refractivity contribution in [3.63, 3.8) is 0 Å². The van der Waals surface area contributed by atoms with E-state index in [9.17, 15) is 4.79 Å². The van der Waals surface area contributed by atoms with Crippen molar-refractivity contribution in [1.82, 2.24) is 15.1 Å². The number of carbonyl (C=O) groups is 1. The van der Waals surface area contributed by atoms with Crippen LogP contribution in [0.4, 0.5) is 0 Å². The van der Waals surface area contributed by atoms with Crippen molar-refractivity contribution in [2.75, 3.05) is 0 Å². The average molecular weight is 505 g/mol. The van der Waals surface area contributed by atoms with Crippen LogP contribution in [0.2, 0.25) is 0 Å². The summed E-state index contributed by atoms with van der Waals surface area (Å²) >= 11 is 0. The SMILES string of the molecule is O=C(C[n+]1cccc(-c2cc(COc3ccccc3)nn2-c2ccccc2)c1)NC1CC1.[Br-]. The van der Waals surface area contributed by atoms with E-state index in [1.165, 1.54) is 0 Å². The van der Waals surface area contributed by atoms with Crippen LogP contribution in [-0.2, 0) is 17.9 Å². The standard InChI is InChI=1S/C26H24N4O2.BrH/c31-26(27-21-13-14-21)18-29-15-7-8-20(17-29)25-16-22(19-32-24-11-5-2-6-12-24)28-30(25)23-9-3-1-4-10-23;/h1-12,15-17,21H,13-14,18-19H2;1H. The minimum absolute atomic E-state index is 0. The lowest BCUT2D eigenvalue weighted by molar-refractivity contribution is -0.684. The van der Waals surface area contributed by atoms with Crippen LogP contribution >= 0.6 is 0 Å². The van der Waals surface area contributed by atoms with E-state index in [-0.39, 0.29) is 22.9 Å². The summed E-state index contributed by atoms with van der Waals surface area (Å²) in [5.74, 6) is 0.853. The molecule has 1 N–H and O–H groups in total. The normalized spacial score (nSPS) is 12.6. The number of pyridine rings is 1. The molecule has 0 spiro atoms. The third-order valence-electron chi connectivity index (χ3n) is 5.31. The molecule has 0 bridgehead atoms. The van der Waals surface area contributed by atoms with Gasteiger partial charge in [0, 0.05) is 12.1 Å². The van der Waals surface area contributed by atoms with Gasteiger partial charge in [0.25, 0.3) is 5.91 Å². The number of halogens is 1. The van der Waals surface area contributed by atoms with Crippen LogP contribution in [0.5, 0.6) is 5.75 Å². The summed E-state index contributed by atoms with van der Waals surface area (Å²) in [5, 5.41) is 7.85. The van der Waals surface area contributed by atoms with Crippen molar-refractivity contribution in [2.24, 2.45) is 0 Å². The highest BCUT2D eigenvalue weighted by Gasteiger charge is 2.25. The summed E-state index contributed by atoms with van der Waals surface area (Å²) in [6.07, 6.45) is 6.07. The van der Waals surface area contributed by atoms with Crippen LogP contribution in [0.3, 0.4) is 0 Å². The van der Waals surface area contributed by atoms with Crippen LogP contribution in [0.25, 0.3) is 16.9 Å². The third kappa shape index (κ3) is 5.87. The molecule has 2 heterocycles. The second-order valence-corrected chi connectivity index (χ2v) is 7.98. The molecule has 0 radical (unpaired) electrons. The fraction of sp³-hybridized carbons (Fsp3) is 0.192. The Labute approximate surface area is 203 Å². The number of ether oxygens (including phenoxy) is 1. The van der Waals surface area contributed by atoms with Gasteiger partial charge in [-0.05, 0) is 49.2 Å². The second-order valence-electron chi connectivity index (χ2n) is 7.98. The lowest BCUT2D eigenvalue weighted by Crippen LogP contribution is -3.00. The molecular weight excluding hydrogens is 480 g/mol. The zero-order valence-corrected chi connectivity index (χ0v) is 19.7. The largest absolute Gasteiger partial charge is 1.00 e. The summed E-state index contributed by atoms with van der Waals surface area (Å²) in [4.78, 5) is 12.3. The molecule has 1 saturated carbocycles. The first-order valence-corrected chi connectivity index (χ1v) is 10.9. The Hall–Kier alpha value is -3.45. The van der Waals surface area contributed by atoms with E-state index in [1.807, 2.05) is 101 Å². The molecule has 0 unspecified atom stereocenters. The highest BCUT2D eigenvalue weighted by atomic mass is 79.9. The Morgan fingerprint density at radius 1 is 1.03 bits per heavy atom. The topological polar surface area (TPSA) is 60.0 Å². The van der Waals surface area contributed by atoms with Gasteiger partial charge in [0.1, 0.15) is 18.1 Å². The van der Waals surface area contributed by atoms with Crippen molar-refractivity contribution in [1.29, 1.82) is 0 Å². The summed E-state index contributed by atoms with van der Waals surface area (Å²) in [7, 11) is 0.